The molecule has 13 heavy (non-hydrogen) atoms. The van der Waals surface area contributed by atoms with E-state index in [-0.39, 0.29) is 0 Å². The van der Waals surface area contributed by atoms with Gasteiger partial charge in [-0.05, 0) is 6.08 Å². The highest BCUT2D eigenvalue weighted by atomic mass is 32.2. The first-order valence-corrected chi connectivity index (χ1v) is 5.40. The third kappa shape index (κ3) is 1.26. The fourth-order valence-electron chi connectivity index (χ4n) is 1.07. The highest BCUT2D eigenvalue weighted by molar-refractivity contribution is 7.89. The number of hydrogen-bond acceptors (Lipinski definition) is 5. The number of rotatable bonds is 1. The molecule has 0 fully saturated rings. The van der Waals surface area contributed by atoms with Crippen molar-refractivity contribution >= 4 is 21.9 Å². The van der Waals surface area contributed by atoms with Gasteiger partial charge in [-0.2, -0.15) is 0 Å². The molecule has 6 nitrogen and oxygen atoms in total. The lowest BCUT2D eigenvalue weighted by Crippen LogP contribution is -2.22. The minimum atomic E-state index is -3.28. The van der Waals surface area contributed by atoms with Crippen molar-refractivity contribution < 1.29 is 8.42 Å². The monoisotopic (exact) mass is 200 g/mol. The molecule has 2 rings (SSSR count). The van der Waals surface area contributed by atoms with E-state index in [9.17, 15) is 8.42 Å². The van der Waals surface area contributed by atoms with Gasteiger partial charge in [0.05, 0.1) is 6.26 Å². The van der Waals surface area contributed by atoms with E-state index >= 15 is 0 Å². The van der Waals surface area contributed by atoms with Crippen molar-refractivity contribution in [3.63, 3.8) is 0 Å². The lowest BCUT2D eigenvalue weighted by atomic mass is 10.4. The molecular formula is C6H8N4O2S. The predicted molar refractivity (Wildman–Crippen MR) is 48.3 cm³/mol. The molecule has 7 heteroatoms. The molecule has 0 aromatic carbocycles. The first kappa shape index (κ1) is 8.11. The molecule has 0 amide bonds. The van der Waals surface area contributed by atoms with E-state index in [1.54, 1.807) is 12.3 Å². The van der Waals surface area contributed by atoms with Crippen LogP contribution in [0.5, 0.6) is 0 Å². The van der Waals surface area contributed by atoms with Crippen LogP contribution >= 0.6 is 0 Å². The number of fused-ring (bicyclic) bond motifs is 1. The maximum atomic E-state index is 11.2. The summed E-state index contributed by atoms with van der Waals surface area (Å²) in [4.78, 5) is 3.92. The molecule has 1 aliphatic rings. The topological polar surface area (TPSA) is 76.0 Å². The Hall–Kier alpha value is -1.50. The van der Waals surface area contributed by atoms with Crippen molar-refractivity contribution in [3.05, 3.63) is 18.2 Å². The Morgan fingerprint density at radius 2 is 2.31 bits per heavy atom. The lowest BCUT2D eigenvalue weighted by Gasteiger charge is -2.12. The molecule has 1 aromatic rings. The van der Waals surface area contributed by atoms with Gasteiger partial charge in [-0.15, -0.1) is 0 Å². The van der Waals surface area contributed by atoms with Crippen molar-refractivity contribution in [2.24, 2.45) is 0 Å². The molecular weight excluding hydrogens is 192 g/mol. The van der Waals surface area contributed by atoms with E-state index in [0.717, 1.165) is 10.2 Å². The second kappa shape index (κ2) is 2.49. The normalized spacial score (nSPS) is 14.5. The van der Waals surface area contributed by atoms with Crippen molar-refractivity contribution in [1.82, 2.24) is 14.4 Å². The Kier molecular flexibility index (Phi) is 1.56. The summed E-state index contributed by atoms with van der Waals surface area (Å²) in [6.45, 7) is 0. The number of hydrazine groups is 1. The van der Waals surface area contributed by atoms with Crippen LogP contribution in [0.4, 0.5) is 5.82 Å². The fraction of sp³-hybridized carbons (Fsp3) is 0.167. The Balaban J connectivity index is 2.63. The van der Waals surface area contributed by atoms with Crippen LogP contribution in [0.25, 0.3) is 6.08 Å². The van der Waals surface area contributed by atoms with Crippen LogP contribution < -0.4 is 10.9 Å². The first-order valence-electron chi connectivity index (χ1n) is 3.55. The minimum Gasteiger partial charge on any atom is -0.307 e. The van der Waals surface area contributed by atoms with Gasteiger partial charge in [0.1, 0.15) is 12.0 Å². The summed E-state index contributed by atoms with van der Waals surface area (Å²) in [5.74, 6) is 0.435. The van der Waals surface area contributed by atoms with E-state index in [1.165, 1.54) is 6.33 Å². The molecule has 1 aliphatic heterocycles. The second-order valence-corrected chi connectivity index (χ2v) is 4.50. The van der Waals surface area contributed by atoms with Gasteiger partial charge < -0.3 is 5.43 Å². The summed E-state index contributed by atoms with van der Waals surface area (Å²) < 4.78 is 23.5. The van der Waals surface area contributed by atoms with Gasteiger partial charge in [-0.3, -0.25) is 5.43 Å². The number of imidazole rings is 1. The standard InChI is InChI=1S/C6H8N4O2S/c1-13(11,12)10-4-7-5-2-3-8-9-6(5)10/h2-4,8-9H,1H3. The fourth-order valence-corrected chi connectivity index (χ4v) is 1.76. The van der Waals surface area contributed by atoms with Crippen LogP contribution in [-0.2, 0) is 10.0 Å². The van der Waals surface area contributed by atoms with Crippen LogP contribution in [0, 0.1) is 0 Å². The van der Waals surface area contributed by atoms with E-state index in [4.69, 9.17) is 0 Å². The summed E-state index contributed by atoms with van der Waals surface area (Å²) in [5.41, 5.74) is 5.99. The van der Waals surface area contributed by atoms with Crippen LogP contribution in [0.1, 0.15) is 5.69 Å². The summed E-state index contributed by atoms with van der Waals surface area (Å²) in [6.07, 6.45) is 5.72. The van der Waals surface area contributed by atoms with Gasteiger partial charge in [0.15, 0.2) is 5.82 Å². The molecule has 0 aliphatic carbocycles. The van der Waals surface area contributed by atoms with Crippen molar-refractivity contribution in [1.29, 1.82) is 0 Å². The predicted octanol–water partition coefficient (Wildman–Crippen LogP) is -0.408. The zero-order chi connectivity index (χ0) is 9.47. The molecule has 0 unspecified atom stereocenters. The number of nitrogens with one attached hydrogen (secondary N) is 2. The lowest BCUT2D eigenvalue weighted by molar-refractivity contribution is 0.593. The van der Waals surface area contributed by atoms with Crippen molar-refractivity contribution in [2.45, 2.75) is 0 Å². The SMILES string of the molecule is CS(=O)(=O)n1cnc2c1NNC=C2. The Morgan fingerprint density at radius 1 is 1.54 bits per heavy atom. The van der Waals surface area contributed by atoms with E-state index in [2.05, 4.69) is 15.8 Å². The summed E-state index contributed by atoms with van der Waals surface area (Å²) in [6, 6.07) is 0. The summed E-state index contributed by atoms with van der Waals surface area (Å²) in [7, 11) is -3.28. The van der Waals surface area contributed by atoms with Gasteiger partial charge in [-0.1, -0.05) is 0 Å². The maximum absolute atomic E-state index is 11.2. The quantitative estimate of drug-likeness (QED) is 0.644. The number of nitrogens with zero attached hydrogens (tertiary/aromatic N) is 2. The largest absolute Gasteiger partial charge is 0.307 e. The van der Waals surface area contributed by atoms with Gasteiger partial charge in [0, 0.05) is 6.20 Å². The third-order valence-electron chi connectivity index (χ3n) is 1.64. The average molecular weight is 200 g/mol. The molecule has 2 N–H and O–H groups in total. The molecule has 2 heterocycles. The second-order valence-electron chi connectivity index (χ2n) is 2.64. The minimum absolute atomic E-state index is 0.435. The Bertz CT molecular complexity index is 459. The van der Waals surface area contributed by atoms with Crippen molar-refractivity contribution in [2.75, 3.05) is 11.7 Å². The number of hydrogen-bond donors (Lipinski definition) is 2. The van der Waals surface area contributed by atoms with Crippen LogP contribution in [0.15, 0.2) is 12.5 Å². The maximum Gasteiger partial charge on any atom is 0.238 e. The zero-order valence-electron chi connectivity index (χ0n) is 6.85. The Morgan fingerprint density at radius 3 is 3.00 bits per heavy atom. The molecule has 0 saturated heterocycles. The van der Waals surface area contributed by atoms with Crippen LogP contribution in [0.2, 0.25) is 0 Å². The average Bonchev–Trinajstić information content (AvgIpc) is 2.45. The molecule has 0 saturated carbocycles. The smallest absolute Gasteiger partial charge is 0.238 e. The molecule has 0 atom stereocenters. The molecule has 0 radical (unpaired) electrons. The van der Waals surface area contributed by atoms with Gasteiger partial charge in [0.25, 0.3) is 0 Å². The van der Waals surface area contributed by atoms with E-state index < -0.39 is 10.0 Å². The van der Waals surface area contributed by atoms with Crippen LogP contribution in [-0.4, -0.2) is 23.6 Å². The highest BCUT2D eigenvalue weighted by Crippen LogP contribution is 2.18. The van der Waals surface area contributed by atoms with Gasteiger partial charge >= 0.3 is 0 Å². The third-order valence-corrected chi connectivity index (χ3v) is 2.63. The van der Waals surface area contributed by atoms with E-state index in [1.807, 2.05) is 0 Å². The van der Waals surface area contributed by atoms with Crippen LogP contribution in [0.3, 0.4) is 0 Å². The number of aromatic nitrogens is 2. The summed E-state index contributed by atoms with van der Waals surface area (Å²) >= 11 is 0. The molecule has 0 bridgehead atoms. The van der Waals surface area contributed by atoms with Crippen molar-refractivity contribution in [3.8, 4) is 0 Å². The number of anilines is 1. The highest BCUT2D eigenvalue weighted by Gasteiger charge is 2.16. The first-order chi connectivity index (χ1) is 6.09. The molecule has 70 valence electrons. The van der Waals surface area contributed by atoms with Gasteiger partial charge in [-0.25, -0.2) is 17.4 Å². The molecule has 0 spiro atoms. The summed E-state index contributed by atoms with van der Waals surface area (Å²) in [5, 5.41) is 0. The zero-order valence-corrected chi connectivity index (χ0v) is 7.67. The molecule has 1 aromatic heterocycles. The van der Waals surface area contributed by atoms with E-state index in [0.29, 0.717) is 11.5 Å². The van der Waals surface area contributed by atoms with Gasteiger partial charge in [0.2, 0.25) is 10.0 Å². The Labute approximate surface area is 75.3 Å².